The van der Waals surface area contributed by atoms with Crippen LogP contribution in [0.2, 0.25) is 0 Å². The summed E-state index contributed by atoms with van der Waals surface area (Å²) in [6.45, 7) is 3.74. The number of methoxy groups -OCH3 is 3. The molecule has 114 heavy (non-hydrogen) atoms. The van der Waals surface area contributed by atoms with E-state index in [-0.39, 0.29) is 58.5 Å². The zero-order chi connectivity index (χ0) is 82.7. The first-order chi connectivity index (χ1) is 53.9. The van der Waals surface area contributed by atoms with Crippen LogP contribution in [-0.2, 0) is 50.1 Å². The number of pyridine rings is 3. The van der Waals surface area contributed by atoms with E-state index in [1.165, 1.54) is 166 Å². The number of para-hydroxylation sites is 3. The van der Waals surface area contributed by atoms with Gasteiger partial charge in [-0.25, -0.2) is 91.1 Å². The molecule has 14 aromatic rings. The predicted octanol–water partition coefficient (Wildman–Crippen LogP) is 13.4. The minimum absolute atomic E-state index is 0.0399. The molecule has 0 unspecified atom stereocenters. The SMILES string of the molecule is CN(C)S(=O)(=O)c1cccc(B(O)O)c1.COc1c(F)cccc1-c1c[nH]c2ncc(-c3cccc(S(=O)(=O)N(C)C)c3)cc12.COc1c(F)cccc1-c1cn(S(=O)(=O)c2ccc(C)cc2)c2ncc(-c3cccc(S(=O)(=O)N(C)C)c3)cc12.COc1c(F)cccc1-c1cn(S(=O)(=O)c2ccc(C)cc2)c2ncc(Br)cc12. The van der Waals surface area contributed by atoms with Crippen molar-refractivity contribution in [1.82, 2.24) is 40.8 Å². The molecular weight excluding hydrogens is 1630 g/mol. The molecule has 590 valence electrons. The molecule has 0 bridgehead atoms. The molecule has 14 rings (SSSR count). The average Bonchev–Trinajstić information content (AvgIpc) is 1.59. The van der Waals surface area contributed by atoms with Crippen LogP contribution in [0.3, 0.4) is 0 Å². The van der Waals surface area contributed by atoms with Gasteiger partial charge in [0.1, 0.15) is 5.65 Å². The lowest BCUT2D eigenvalue weighted by atomic mass is 9.80. The normalized spacial score (nSPS) is 12.0. The number of nitrogens with zero attached hydrogens (tertiary/aromatic N) is 8. The summed E-state index contributed by atoms with van der Waals surface area (Å²) in [5, 5.41) is 19.5. The number of halogens is 4. The van der Waals surface area contributed by atoms with Gasteiger partial charge in [-0.05, 0) is 143 Å². The first-order valence-electron chi connectivity index (χ1n) is 34.2. The molecule has 0 saturated heterocycles. The monoisotopic (exact) mass is 1710 g/mol. The third-order valence-corrected chi connectivity index (χ3v) is 27.3. The van der Waals surface area contributed by atoms with E-state index in [2.05, 4.69) is 35.9 Å². The van der Waals surface area contributed by atoms with Gasteiger partial charge in [0.2, 0.25) is 30.1 Å². The Bertz CT molecular complexity index is 6600. The number of H-pyrrole nitrogens is 1. The summed E-state index contributed by atoms with van der Waals surface area (Å²) in [4.78, 5) is 16.9. The van der Waals surface area contributed by atoms with Crippen LogP contribution in [0.15, 0.2) is 260 Å². The zero-order valence-corrected chi connectivity index (χ0v) is 68.5. The molecule has 0 saturated carbocycles. The number of sulfonamides is 3. The Morgan fingerprint density at radius 1 is 0.404 bits per heavy atom. The van der Waals surface area contributed by atoms with Crippen molar-refractivity contribution in [3.8, 4) is 72.9 Å². The minimum atomic E-state index is -4.08. The third-order valence-electron chi connectivity index (χ3n) is 18.1. The lowest BCUT2D eigenvalue weighted by Crippen LogP contribution is -2.31. The van der Waals surface area contributed by atoms with Crippen molar-refractivity contribution in [1.29, 1.82) is 0 Å². The highest BCUT2D eigenvalue weighted by atomic mass is 79.9. The number of benzene rings is 8. The van der Waals surface area contributed by atoms with Crippen molar-refractivity contribution >= 4 is 112 Å². The number of aryl methyl sites for hydroxylation is 2. The maximum absolute atomic E-state index is 14.7. The largest absolute Gasteiger partial charge is 0.493 e. The van der Waals surface area contributed by atoms with Crippen molar-refractivity contribution in [2.75, 3.05) is 63.6 Å². The van der Waals surface area contributed by atoms with Crippen LogP contribution in [0.1, 0.15) is 11.1 Å². The number of hydrogen-bond donors (Lipinski definition) is 3. The third kappa shape index (κ3) is 17.1. The van der Waals surface area contributed by atoms with Crippen LogP contribution in [0, 0.1) is 31.3 Å². The number of fused-ring (bicyclic) bond motifs is 3. The Labute approximate surface area is 666 Å². The molecule has 8 aromatic carbocycles. The average molecular weight is 1710 g/mol. The predicted molar refractivity (Wildman–Crippen MR) is 436 cm³/mol. The Hall–Kier alpha value is -10.9. The van der Waals surface area contributed by atoms with E-state index >= 15 is 0 Å². The van der Waals surface area contributed by atoms with Crippen molar-refractivity contribution in [2.24, 2.45) is 0 Å². The van der Waals surface area contributed by atoms with Gasteiger partial charge in [-0.15, -0.1) is 0 Å². The molecule has 0 fully saturated rings. The summed E-state index contributed by atoms with van der Waals surface area (Å²) in [6.07, 6.45) is 9.30. The van der Waals surface area contributed by atoms with Crippen LogP contribution in [-0.4, -0.2) is 164 Å². The zero-order valence-electron chi connectivity index (χ0n) is 62.8. The number of nitrogens with one attached hydrogen (secondary N) is 1. The fraction of sp³-hybridized carbons (Fsp3) is 0.138. The van der Waals surface area contributed by atoms with E-state index in [1.807, 2.05) is 26.0 Å². The van der Waals surface area contributed by atoms with Gasteiger partial charge in [-0.1, -0.05) is 108 Å². The molecule has 0 spiro atoms. The summed E-state index contributed by atoms with van der Waals surface area (Å²) in [6, 6.07) is 50.7. The summed E-state index contributed by atoms with van der Waals surface area (Å²) in [5.41, 5.74) is 8.59. The molecule has 0 aliphatic heterocycles. The highest BCUT2D eigenvalue weighted by Crippen LogP contribution is 2.43. The lowest BCUT2D eigenvalue weighted by Gasteiger charge is -2.12. The molecule has 0 amide bonds. The van der Waals surface area contributed by atoms with Gasteiger partial charge in [0.05, 0.1) is 45.8 Å². The van der Waals surface area contributed by atoms with E-state index in [9.17, 15) is 55.3 Å². The first kappa shape index (κ1) is 84.0. The van der Waals surface area contributed by atoms with Crippen molar-refractivity contribution in [3.05, 3.63) is 264 Å². The molecule has 24 nitrogen and oxygen atoms in total. The van der Waals surface area contributed by atoms with E-state index < -0.39 is 74.7 Å². The van der Waals surface area contributed by atoms with Gasteiger partial charge in [0.25, 0.3) is 20.0 Å². The van der Waals surface area contributed by atoms with Crippen molar-refractivity contribution < 1.29 is 79.5 Å². The molecular formula is C80H74BBrF3N9O15S5. The number of aromatic amines is 1. The highest BCUT2D eigenvalue weighted by molar-refractivity contribution is 9.10. The van der Waals surface area contributed by atoms with Gasteiger partial charge in [0, 0.05) is 145 Å². The fourth-order valence-electron chi connectivity index (χ4n) is 12.0. The standard InChI is InChI=1S/C29H26FN3O5S2.C22H20FN3O3S.C21H16BrFN2O3S.C8H12BNO4S/c1-19-11-13-22(14-12-19)40(36,37)33-18-26(24-9-6-10-27(30)28(24)38-4)25-16-21(17-31-29(25)33)20-7-5-8-23(15-20)39(34,35)32(2)3;1-26(2)30(27,28)16-7-4-6-14(10-16)15-11-18-19(13-25-22(18)24-12-15)17-8-5-9-20(23)21(17)29-3;1-13-6-8-15(9-7-13)29(26,27)25-12-18(17-10-14(22)11-24-21(17)25)16-4-3-5-19(23)20(16)28-2;1-10(2)15(13,14)8-5-3-4-7(6-8)9(11)12/h5-18H,1-4H3;4-13H,1-3H3,(H,24,25);3-12H,1-2H3;3-6,11-12H,1-2H3. The molecule has 0 radical (unpaired) electrons. The Kier molecular flexibility index (Phi) is 25.1. The van der Waals surface area contributed by atoms with Crippen LogP contribution in [0.25, 0.3) is 88.7 Å². The van der Waals surface area contributed by atoms with Gasteiger partial charge in [0.15, 0.2) is 46.0 Å². The maximum atomic E-state index is 14.7. The summed E-state index contributed by atoms with van der Waals surface area (Å²) in [5.74, 6) is -1.43. The van der Waals surface area contributed by atoms with Crippen LogP contribution in [0.5, 0.6) is 17.2 Å². The lowest BCUT2D eigenvalue weighted by molar-refractivity contribution is 0.388. The van der Waals surface area contributed by atoms with E-state index in [0.29, 0.717) is 65.4 Å². The summed E-state index contributed by atoms with van der Waals surface area (Å²) < 4.78 is 193. The Morgan fingerprint density at radius 3 is 1.17 bits per heavy atom. The molecule has 6 heterocycles. The second-order valence-electron chi connectivity index (χ2n) is 26.1. The second-order valence-corrected chi connectivity index (χ2v) is 37.1. The maximum Gasteiger partial charge on any atom is 0.488 e. The molecule has 0 aliphatic rings. The van der Waals surface area contributed by atoms with Crippen molar-refractivity contribution in [2.45, 2.75) is 38.3 Å². The molecule has 3 N–H and O–H groups in total. The summed E-state index contributed by atoms with van der Waals surface area (Å²) >= 11 is 3.38. The van der Waals surface area contributed by atoms with E-state index in [4.69, 9.17) is 24.3 Å². The topological polar surface area (TPSA) is 313 Å². The number of rotatable bonds is 19. The quantitative estimate of drug-likeness (QED) is 0.0633. The minimum Gasteiger partial charge on any atom is -0.493 e. The van der Waals surface area contributed by atoms with Gasteiger partial charge >= 0.3 is 7.12 Å². The number of hydrogen-bond acceptors (Lipinski definition) is 18. The van der Waals surface area contributed by atoms with Crippen LogP contribution < -0.4 is 19.7 Å². The van der Waals surface area contributed by atoms with E-state index in [0.717, 1.165) is 44.2 Å². The van der Waals surface area contributed by atoms with Gasteiger partial charge in [-0.2, -0.15) is 0 Å². The van der Waals surface area contributed by atoms with Gasteiger partial charge in [-0.3, -0.25) is 0 Å². The number of aromatic nitrogens is 6. The molecule has 34 heteroatoms. The molecule has 0 aliphatic carbocycles. The smallest absolute Gasteiger partial charge is 0.488 e. The van der Waals surface area contributed by atoms with Crippen molar-refractivity contribution in [3.63, 3.8) is 0 Å². The second kappa shape index (κ2) is 34.0. The van der Waals surface area contributed by atoms with Gasteiger partial charge < -0.3 is 29.2 Å². The first-order valence-corrected chi connectivity index (χ1v) is 42.2. The molecule has 6 aromatic heterocycles. The number of ether oxygens (including phenoxy) is 3. The molecule has 0 atom stereocenters. The van der Waals surface area contributed by atoms with E-state index in [1.54, 1.807) is 122 Å². The Balaban J connectivity index is 0.000000157. The van der Waals surface area contributed by atoms with Crippen LogP contribution in [0.4, 0.5) is 13.2 Å². The Morgan fingerprint density at radius 2 is 0.763 bits per heavy atom. The fourth-order valence-corrected chi connectivity index (χ4v) is 17.9. The van der Waals surface area contributed by atoms with Crippen LogP contribution >= 0.6 is 15.9 Å². The summed E-state index contributed by atoms with van der Waals surface area (Å²) in [7, 11) is -7.56. The highest BCUT2D eigenvalue weighted by Gasteiger charge is 2.29.